The fourth-order valence-electron chi connectivity index (χ4n) is 1.11. The van der Waals surface area contributed by atoms with Gasteiger partial charge in [0.2, 0.25) is 0 Å². The Morgan fingerprint density at radius 1 is 1.44 bits per heavy atom. The van der Waals surface area contributed by atoms with Crippen LogP contribution in [0.1, 0.15) is 11.3 Å². The van der Waals surface area contributed by atoms with Crippen LogP contribution < -0.4 is 9.47 Å². The van der Waals surface area contributed by atoms with Gasteiger partial charge in [-0.15, -0.1) is 13.2 Å². The molecule has 1 aromatic heterocycles. The fourth-order valence-corrected chi connectivity index (χ4v) is 1.11. The van der Waals surface area contributed by atoms with Crippen molar-refractivity contribution < 1.29 is 27.8 Å². The van der Waals surface area contributed by atoms with Crippen molar-refractivity contribution >= 4 is 0 Å². The molecule has 4 nitrogen and oxygen atoms in total. The molecule has 0 saturated heterocycles. The molecule has 1 rings (SSSR count). The zero-order valence-corrected chi connectivity index (χ0v) is 8.63. The summed E-state index contributed by atoms with van der Waals surface area (Å²) in [6.07, 6.45) is -4.82. The predicted molar refractivity (Wildman–Crippen MR) is 48.1 cm³/mol. The van der Waals surface area contributed by atoms with Gasteiger partial charge >= 0.3 is 6.36 Å². The molecular weight excluding hydrogens is 227 g/mol. The van der Waals surface area contributed by atoms with Crippen LogP contribution in [-0.4, -0.2) is 23.6 Å². The van der Waals surface area contributed by atoms with Gasteiger partial charge in [-0.1, -0.05) is 0 Å². The monoisotopic (exact) mass is 237 g/mol. The van der Waals surface area contributed by atoms with Crippen LogP contribution in [0.4, 0.5) is 13.2 Å². The van der Waals surface area contributed by atoms with Crippen LogP contribution in [-0.2, 0) is 6.61 Å². The van der Waals surface area contributed by atoms with Gasteiger partial charge in [0.25, 0.3) is 5.88 Å². The second-order valence-corrected chi connectivity index (χ2v) is 2.95. The van der Waals surface area contributed by atoms with Gasteiger partial charge in [-0.25, -0.2) is 4.98 Å². The summed E-state index contributed by atoms with van der Waals surface area (Å²) >= 11 is 0. The zero-order chi connectivity index (χ0) is 12.3. The van der Waals surface area contributed by atoms with Gasteiger partial charge in [0.05, 0.1) is 13.7 Å². The van der Waals surface area contributed by atoms with E-state index in [2.05, 4.69) is 14.5 Å². The Bertz CT molecular complexity index is 379. The third-order valence-corrected chi connectivity index (χ3v) is 1.84. The van der Waals surface area contributed by atoms with Crippen LogP contribution in [0.25, 0.3) is 0 Å². The molecule has 0 aliphatic heterocycles. The van der Waals surface area contributed by atoms with Crippen molar-refractivity contribution in [3.8, 4) is 11.6 Å². The molecular formula is C9H10F3NO3. The first-order valence-electron chi connectivity index (χ1n) is 4.28. The fraction of sp³-hybridized carbons (Fsp3) is 0.444. The Balaban J connectivity index is 3.15. The minimum absolute atomic E-state index is 0.250. The lowest BCUT2D eigenvalue weighted by atomic mass is 10.2. The van der Waals surface area contributed by atoms with E-state index in [0.29, 0.717) is 5.69 Å². The molecule has 0 saturated carbocycles. The number of hydrogen-bond donors (Lipinski definition) is 1. The highest BCUT2D eigenvalue weighted by atomic mass is 19.4. The lowest BCUT2D eigenvalue weighted by Crippen LogP contribution is -2.18. The van der Waals surface area contributed by atoms with Crippen molar-refractivity contribution in [3.05, 3.63) is 17.3 Å². The number of methoxy groups -OCH3 is 1. The van der Waals surface area contributed by atoms with Crippen LogP contribution in [0.15, 0.2) is 6.07 Å². The molecule has 0 atom stereocenters. The summed E-state index contributed by atoms with van der Waals surface area (Å²) in [6, 6.07) is 1.05. The normalized spacial score (nSPS) is 11.4. The molecule has 0 aromatic carbocycles. The highest BCUT2D eigenvalue weighted by Gasteiger charge is 2.33. The van der Waals surface area contributed by atoms with Crippen molar-refractivity contribution in [2.45, 2.75) is 19.9 Å². The lowest BCUT2D eigenvalue weighted by molar-refractivity contribution is -0.275. The minimum atomic E-state index is -4.82. The Hall–Kier alpha value is -1.50. The summed E-state index contributed by atoms with van der Waals surface area (Å²) in [5.74, 6) is -0.836. The maximum atomic E-state index is 12.0. The highest BCUT2D eigenvalue weighted by molar-refractivity contribution is 5.39. The lowest BCUT2D eigenvalue weighted by Gasteiger charge is -2.13. The first kappa shape index (κ1) is 12.6. The number of aryl methyl sites for hydroxylation is 1. The summed E-state index contributed by atoms with van der Waals surface area (Å²) in [6.45, 7) is 1.13. The van der Waals surface area contributed by atoms with Crippen molar-refractivity contribution in [3.63, 3.8) is 0 Å². The molecule has 1 heterocycles. The van der Waals surface area contributed by atoms with E-state index in [9.17, 15) is 13.2 Å². The molecule has 0 radical (unpaired) electrons. The van der Waals surface area contributed by atoms with E-state index in [1.54, 1.807) is 6.92 Å². The third-order valence-electron chi connectivity index (χ3n) is 1.84. The SMILES string of the molecule is COc1nc(C)c(CO)cc1OC(F)(F)F. The maximum absolute atomic E-state index is 12.0. The number of rotatable bonds is 3. The summed E-state index contributed by atoms with van der Waals surface area (Å²) in [5.41, 5.74) is 0.633. The largest absolute Gasteiger partial charge is 0.573 e. The topological polar surface area (TPSA) is 51.6 Å². The standard InChI is InChI=1S/C9H10F3NO3/c1-5-6(4-14)3-7(8(13-5)15-2)16-9(10,11)12/h3,14H,4H2,1-2H3. The van der Waals surface area contributed by atoms with Gasteiger partial charge in [-0.2, -0.15) is 0 Å². The van der Waals surface area contributed by atoms with E-state index in [-0.39, 0.29) is 11.4 Å². The summed E-state index contributed by atoms with van der Waals surface area (Å²) < 4.78 is 44.5. The molecule has 0 spiro atoms. The van der Waals surface area contributed by atoms with Gasteiger partial charge in [-0.05, 0) is 13.0 Å². The van der Waals surface area contributed by atoms with E-state index in [0.717, 1.165) is 6.07 Å². The van der Waals surface area contributed by atoms with E-state index in [4.69, 9.17) is 5.11 Å². The number of hydrogen-bond acceptors (Lipinski definition) is 4. The van der Waals surface area contributed by atoms with Gasteiger partial charge in [0.1, 0.15) is 0 Å². The van der Waals surface area contributed by atoms with E-state index >= 15 is 0 Å². The van der Waals surface area contributed by atoms with Crippen LogP contribution in [0.3, 0.4) is 0 Å². The highest BCUT2D eigenvalue weighted by Crippen LogP contribution is 2.32. The van der Waals surface area contributed by atoms with Crippen LogP contribution in [0, 0.1) is 6.92 Å². The number of aliphatic hydroxyl groups excluding tert-OH is 1. The molecule has 90 valence electrons. The first-order valence-corrected chi connectivity index (χ1v) is 4.28. The number of aliphatic hydroxyl groups is 1. The Kier molecular flexibility index (Phi) is 3.58. The van der Waals surface area contributed by atoms with Crippen molar-refractivity contribution in [1.29, 1.82) is 0 Å². The quantitative estimate of drug-likeness (QED) is 0.870. The second-order valence-electron chi connectivity index (χ2n) is 2.95. The van der Waals surface area contributed by atoms with Gasteiger partial charge in [0.15, 0.2) is 5.75 Å². The smallest absolute Gasteiger partial charge is 0.478 e. The van der Waals surface area contributed by atoms with Crippen LogP contribution >= 0.6 is 0 Å². The molecule has 0 aliphatic carbocycles. The Labute approximate surface area is 89.6 Å². The van der Waals surface area contributed by atoms with Gasteiger partial charge in [-0.3, -0.25) is 0 Å². The van der Waals surface area contributed by atoms with E-state index in [1.807, 2.05) is 0 Å². The average molecular weight is 237 g/mol. The number of alkyl halides is 3. The summed E-state index contributed by atoms with van der Waals surface area (Å²) in [4.78, 5) is 3.74. The molecule has 0 fully saturated rings. The predicted octanol–water partition coefficient (Wildman–Crippen LogP) is 1.79. The molecule has 0 bridgehead atoms. The van der Waals surface area contributed by atoms with Gasteiger partial charge in [0, 0.05) is 11.3 Å². The molecule has 1 N–H and O–H groups in total. The Morgan fingerprint density at radius 2 is 2.06 bits per heavy atom. The van der Waals surface area contributed by atoms with Crippen molar-refractivity contribution in [2.24, 2.45) is 0 Å². The number of halogens is 3. The average Bonchev–Trinajstić information content (AvgIpc) is 2.18. The number of pyridine rings is 1. The summed E-state index contributed by atoms with van der Waals surface area (Å²) in [5, 5.41) is 8.89. The van der Waals surface area contributed by atoms with Gasteiger partial charge < -0.3 is 14.6 Å². The molecule has 16 heavy (non-hydrogen) atoms. The molecule has 1 aromatic rings. The van der Waals surface area contributed by atoms with Crippen LogP contribution in [0.2, 0.25) is 0 Å². The second kappa shape index (κ2) is 4.56. The molecule has 0 unspecified atom stereocenters. The molecule has 0 aliphatic rings. The minimum Gasteiger partial charge on any atom is -0.478 e. The van der Waals surface area contributed by atoms with E-state index < -0.39 is 18.7 Å². The Morgan fingerprint density at radius 3 is 2.50 bits per heavy atom. The number of aromatic nitrogens is 1. The number of nitrogens with zero attached hydrogens (tertiary/aromatic N) is 1. The first-order chi connectivity index (χ1) is 7.37. The number of ether oxygens (including phenoxy) is 2. The summed E-state index contributed by atoms with van der Waals surface area (Å²) in [7, 11) is 1.18. The van der Waals surface area contributed by atoms with E-state index in [1.165, 1.54) is 7.11 Å². The third kappa shape index (κ3) is 2.99. The van der Waals surface area contributed by atoms with Crippen molar-refractivity contribution in [1.82, 2.24) is 4.98 Å². The molecule has 7 heteroatoms. The van der Waals surface area contributed by atoms with Crippen LogP contribution in [0.5, 0.6) is 11.6 Å². The van der Waals surface area contributed by atoms with Crippen molar-refractivity contribution in [2.75, 3.05) is 7.11 Å². The zero-order valence-electron chi connectivity index (χ0n) is 8.63. The molecule has 0 amide bonds. The maximum Gasteiger partial charge on any atom is 0.573 e.